The summed E-state index contributed by atoms with van der Waals surface area (Å²) in [6.45, 7) is 13.2. The number of anilines is 1. The van der Waals surface area contributed by atoms with Crippen molar-refractivity contribution in [3.05, 3.63) is 23.3 Å². The van der Waals surface area contributed by atoms with Gasteiger partial charge in [-0.05, 0) is 0 Å². The summed E-state index contributed by atoms with van der Waals surface area (Å²) < 4.78 is 5.39. The van der Waals surface area contributed by atoms with Crippen LogP contribution in [-0.2, 0) is 4.79 Å². The summed E-state index contributed by atoms with van der Waals surface area (Å²) >= 11 is 0. The van der Waals surface area contributed by atoms with Crippen LogP contribution in [-0.4, -0.2) is 37.2 Å². The van der Waals surface area contributed by atoms with Gasteiger partial charge < -0.3 is 0 Å². The molecule has 0 saturated heterocycles. The Bertz CT molecular complexity index is 584. The van der Waals surface area contributed by atoms with Crippen LogP contribution < -0.4 is 10.1 Å². The standard InChI is InChI=1S/C25H46NO2P/c1-8-12-15-29(16-13-9-2,17-14-10-3)23(11-4)25(27)26-24-20(5)18-22(28-7)19-21(24)6/h18-19,23,29H,8-17H2,1-7H3,(H,26,27). The summed E-state index contributed by atoms with van der Waals surface area (Å²) in [5.41, 5.74) is 3.33. The summed E-state index contributed by atoms with van der Waals surface area (Å²) in [6, 6.07) is 4.03. The Labute approximate surface area is 180 Å². The Morgan fingerprint density at radius 3 is 1.72 bits per heavy atom. The molecule has 0 radical (unpaired) electrons. The quantitative estimate of drug-likeness (QED) is 0.322. The number of unbranched alkanes of at least 4 members (excludes halogenated alkanes) is 3. The Morgan fingerprint density at radius 1 is 0.931 bits per heavy atom. The van der Waals surface area contributed by atoms with Crippen molar-refractivity contribution < 1.29 is 9.53 Å². The maximum atomic E-state index is 13.6. The van der Waals surface area contributed by atoms with Crippen molar-refractivity contribution >= 4 is 18.9 Å². The van der Waals surface area contributed by atoms with E-state index in [0.29, 0.717) is 0 Å². The van der Waals surface area contributed by atoms with Gasteiger partial charge in [-0.3, -0.25) is 0 Å². The van der Waals surface area contributed by atoms with Crippen LogP contribution in [0.15, 0.2) is 12.1 Å². The third-order valence-electron chi connectivity index (χ3n) is 6.54. The summed E-state index contributed by atoms with van der Waals surface area (Å²) in [4.78, 5) is 13.6. The van der Waals surface area contributed by atoms with E-state index in [4.69, 9.17) is 4.74 Å². The van der Waals surface area contributed by atoms with E-state index in [1.54, 1.807) is 7.11 Å². The third-order valence-corrected chi connectivity index (χ3v) is 12.7. The molecule has 4 heteroatoms. The van der Waals surface area contributed by atoms with E-state index in [-0.39, 0.29) is 11.6 Å². The number of methoxy groups -OCH3 is 1. The van der Waals surface area contributed by atoms with Crippen molar-refractivity contribution in [1.82, 2.24) is 0 Å². The predicted octanol–water partition coefficient (Wildman–Crippen LogP) is 7.18. The SMILES string of the molecule is CCCC[PH](CCCC)(CCCC)C(CC)C(=O)Nc1c(C)cc(OC)cc1C. The van der Waals surface area contributed by atoms with Gasteiger partial charge in [-0.15, -0.1) is 0 Å². The van der Waals surface area contributed by atoms with Gasteiger partial charge in [-0.2, -0.15) is 0 Å². The average molecular weight is 424 g/mol. The van der Waals surface area contributed by atoms with Crippen molar-refractivity contribution in [1.29, 1.82) is 0 Å². The fourth-order valence-corrected chi connectivity index (χ4v) is 11.3. The number of carbonyl (C=O) groups is 1. The summed E-state index contributed by atoms with van der Waals surface area (Å²) in [6.07, 6.45) is 12.3. The first-order valence-electron chi connectivity index (χ1n) is 11.8. The number of hydrogen-bond donors (Lipinski definition) is 1. The van der Waals surface area contributed by atoms with Crippen LogP contribution in [0, 0.1) is 13.8 Å². The van der Waals surface area contributed by atoms with Gasteiger partial charge in [-0.1, -0.05) is 0 Å². The molecule has 0 aliphatic carbocycles. The van der Waals surface area contributed by atoms with Crippen molar-refractivity contribution in [2.75, 3.05) is 30.9 Å². The van der Waals surface area contributed by atoms with E-state index in [2.05, 4.69) is 46.9 Å². The fourth-order valence-electron chi connectivity index (χ4n) is 4.83. The first kappa shape index (κ1) is 26.0. The molecule has 3 nitrogen and oxygen atoms in total. The van der Waals surface area contributed by atoms with Gasteiger partial charge in [0.15, 0.2) is 0 Å². The summed E-state index contributed by atoms with van der Waals surface area (Å²) in [7, 11) is -0.00489. The molecule has 1 aromatic carbocycles. The normalized spacial score (nSPS) is 13.2. The Morgan fingerprint density at radius 2 is 1.38 bits per heavy atom. The van der Waals surface area contributed by atoms with Crippen LogP contribution >= 0.6 is 7.26 Å². The molecule has 0 bridgehead atoms. The predicted molar refractivity (Wildman–Crippen MR) is 133 cm³/mol. The molecular weight excluding hydrogens is 377 g/mol. The Hall–Kier alpha value is -1.08. The van der Waals surface area contributed by atoms with E-state index in [9.17, 15) is 4.79 Å². The second-order valence-electron chi connectivity index (χ2n) is 8.76. The second-order valence-corrected chi connectivity index (χ2v) is 13.7. The van der Waals surface area contributed by atoms with Gasteiger partial charge in [0.1, 0.15) is 0 Å². The van der Waals surface area contributed by atoms with Crippen LogP contribution in [0.5, 0.6) is 5.75 Å². The van der Waals surface area contributed by atoms with Crippen LogP contribution in [0.4, 0.5) is 5.69 Å². The number of benzene rings is 1. The molecule has 0 aliphatic rings. The number of carbonyl (C=O) groups excluding carboxylic acids is 1. The number of rotatable bonds is 14. The van der Waals surface area contributed by atoms with E-state index in [1.807, 2.05) is 12.1 Å². The molecule has 168 valence electrons. The molecule has 1 N–H and O–H groups in total. The molecule has 1 aromatic rings. The van der Waals surface area contributed by atoms with Crippen LogP contribution in [0.3, 0.4) is 0 Å². The third kappa shape index (κ3) is 7.28. The number of ether oxygens (including phenoxy) is 1. The molecule has 1 atom stereocenters. The van der Waals surface area contributed by atoms with Crippen LogP contribution in [0.1, 0.15) is 83.8 Å². The molecule has 0 fully saturated rings. The van der Waals surface area contributed by atoms with Crippen molar-refractivity contribution in [2.24, 2.45) is 0 Å². The maximum absolute atomic E-state index is 13.6. The van der Waals surface area contributed by atoms with Gasteiger partial charge in [-0.25, -0.2) is 0 Å². The number of aryl methyl sites for hydroxylation is 2. The van der Waals surface area contributed by atoms with E-state index in [1.165, 1.54) is 57.0 Å². The van der Waals surface area contributed by atoms with Gasteiger partial charge in [0.05, 0.1) is 0 Å². The molecule has 1 rings (SSSR count). The molecule has 0 aromatic heterocycles. The van der Waals surface area contributed by atoms with Crippen molar-refractivity contribution in [2.45, 2.75) is 92.1 Å². The number of hydrogen-bond acceptors (Lipinski definition) is 2. The van der Waals surface area contributed by atoms with E-state index in [0.717, 1.165) is 29.0 Å². The van der Waals surface area contributed by atoms with Crippen molar-refractivity contribution in [3.63, 3.8) is 0 Å². The van der Waals surface area contributed by atoms with E-state index >= 15 is 0 Å². The first-order valence-corrected chi connectivity index (χ1v) is 14.5. The van der Waals surface area contributed by atoms with Gasteiger partial charge in [0.25, 0.3) is 0 Å². The summed E-state index contributed by atoms with van der Waals surface area (Å²) in [5.74, 6) is 1.11. The molecule has 0 saturated carbocycles. The minimum atomic E-state index is -1.69. The molecule has 1 unspecified atom stereocenters. The molecule has 29 heavy (non-hydrogen) atoms. The monoisotopic (exact) mass is 423 g/mol. The van der Waals surface area contributed by atoms with Crippen molar-refractivity contribution in [3.8, 4) is 5.75 Å². The first-order chi connectivity index (χ1) is 13.9. The molecule has 0 aliphatic heterocycles. The van der Waals surface area contributed by atoms with Crippen LogP contribution in [0.2, 0.25) is 0 Å². The van der Waals surface area contributed by atoms with Gasteiger partial charge in [0.2, 0.25) is 0 Å². The molecule has 0 spiro atoms. The minimum absolute atomic E-state index is 0.202. The summed E-state index contributed by atoms with van der Waals surface area (Å²) in [5, 5.41) is 3.36. The van der Waals surface area contributed by atoms with E-state index < -0.39 is 7.26 Å². The van der Waals surface area contributed by atoms with Gasteiger partial charge in [0, 0.05) is 0 Å². The van der Waals surface area contributed by atoms with Crippen LogP contribution in [0.25, 0.3) is 0 Å². The Kier molecular flexibility index (Phi) is 11.9. The Balaban J connectivity index is 3.22. The van der Waals surface area contributed by atoms with Gasteiger partial charge >= 0.3 is 180 Å². The topological polar surface area (TPSA) is 38.3 Å². The number of nitrogens with one attached hydrogen (secondary N) is 1. The zero-order chi connectivity index (χ0) is 21.9. The molecular formula is C25H46NO2P. The number of amides is 1. The second kappa shape index (κ2) is 13.3. The molecule has 0 heterocycles. The zero-order valence-electron chi connectivity index (χ0n) is 20.1. The molecule has 1 amide bonds. The zero-order valence-corrected chi connectivity index (χ0v) is 21.1. The fraction of sp³-hybridized carbons (Fsp3) is 0.720. The average Bonchev–Trinajstić information content (AvgIpc) is 2.71.